The van der Waals surface area contributed by atoms with Crippen molar-refractivity contribution >= 4 is 23.6 Å². The summed E-state index contributed by atoms with van der Waals surface area (Å²) in [6.45, 7) is -0.190. The van der Waals surface area contributed by atoms with E-state index in [1.165, 1.54) is 20.3 Å². The molecule has 0 bridgehead atoms. The number of nitrogens with one attached hydrogen (secondary N) is 1. The lowest BCUT2D eigenvalue weighted by Crippen LogP contribution is -2.20. The Morgan fingerprint density at radius 3 is 2.52 bits per heavy atom. The molecule has 7 heteroatoms. The fraction of sp³-hybridized carbons (Fsp3) is 0.200. The summed E-state index contributed by atoms with van der Waals surface area (Å²) in [7, 11) is 4.35. The van der Waals surface area contributed by atoms with Gasteiger partial charge in [-0.3, -0.25) is 4.79 Å². The molecule has 0 radical (unpaired) electrons. The van der Waals surface area contributed by atoms with E-state index < -0.39 is 5.97 Å². The molecular formula is C20H21NO6. The summed E-state index contributed by atoms with van der Waals surface area (Å²) < 4.78 is 20.5. The maximum Gasteiger partial charge on any atom is 0.330 e. The van der Waals surface area contributed by atoms with Gasteiger partial charge >= 0.3 is 5.97 Å². The van der Waals surface area contributed by atoms with E-state index in [9.17, 15) is 9.59 Å². The van der Waals surface area contributed by atoms with Gasteiger partial charge in [-0.25, -0.2) is 4.79 Å². The van der Waals surface area contributed by atoms with Gasteiger partial charge in [-0.05, 0) is 35.9 Å². The van der Waals surface area contributed by atoms with Crippen LogP contribution in [0.2, 0.25) is 0 Å². The van der Waals surface area contributed by atoms with E-state index in [-0.39, 0.29) is 12.5 Å². The second-order valence-electron chi connectivity index (χ2n) is 5.34. The first kappa shape index (κ1) is 19.8. The Hall–Kier alpha value is -3.48. The zero-order chi connectivity index (χ0) is 19.6. The molecule has 0 atom stereocenters. The topological polar surface area (TPSA) is 83.1 Å². The minimum atomic E-state index is -0.455. The Balaban J connectivity index is 1.98. The number of hydrogen-bond acceptors (Lipinski definition) is 6. The number of methoxy groups -OCH3 is 3. The van der Waals surface area contributed by atoms with Crippen molar-refractivity contribution in [1.29, 1.82) is 0 Å². The second-order valence-corrected chi connectivity index (χ2v) is 5.34. The third-order valence-corrected chi connectivity index (χ3v) is 3.51. The van der Waals surface area contributed by atoms with E-state index in [1.807, 2.05) is 0 Å². The smallest absolute Gasteiger partial charge is 0.330 e. The molecule has 0 fully saturated rings. The van der Waals surface area contributed by atoms with Crippen LogP contribution in [0.5, 0.6) is 17.2 Å². The molecule has 27 heavy (non-hydrogen) atoms. The zero-order valence-corrected chi connectivity index (χ0v) is 15.4. The van der Waals surface area contributed by atoms with Gasteiger partial charge in [0.15, 0.2) is 18.1 Å². The Labute approximate surface area is 157 Å². The Bertz CT molecular complexity index is 831. The monoisotopic (exact) mass is 371 g/mol. The van der Waals surface area contributed by atoms with Gasteiger partial charge in [0.2, 0.25) is 0 Å². The molecule has 2 aromatic rings. The van der Waals surface area contributed by atoms with Gasteiger partial charge in [-0.15, -0.1) is 0 Å². The number of rotatable bonds is 8. The molecule has 0 saturated heterocycles. The summed E-state index contributed by atoms with van der Waals surface area (Å²) in [6, 6.07) is 12.1. The standard InChI is InChI=1S/C20H21NO6/c1-24-16-6-4-5-15(12-16)21-19(22)13-27-17-9-7-14(11-18(17)25-2)8-10-20(23)26-3/h4-12H,13H2,1-3H3,(H,21,22)/b10-8+. The number of esters is 1. The minimum Gasteiger partial charge on any atom is -0.497 e. The number of benzene rings is 2. The van der Waals surface area contributed by atoms with Crippen LogP contribution in [-0.2, 0) is 14.3 Å². The largest absolute Gasteiger partial charge is 0.497 e. The van der Waals surface area contributed by atoms with Crippen molar-refractivity contribution in [1.82, 2.24) is 0 Å². The number of carbonyl (C=O) groups excluding carboxylic acids is 2. The van der Waals surface area contributed by atoms with Crippen LogP contribution in [0.1, 0.15) is 5.56 Å². The van der Waals surface area contributed by atoms with Gasteiger partial charge < -0.3 is 24.3 Å². The molecule has 1 amide bonds. The van der Waals surface area contributed by atoms with Gasteiger partial charge in [-0.2, -0.15) is 0 Å². The highest BCUT2D eigenvalue weighted by Gasteiger charge is 2.09. The van der Waals surface area contributed by atoms with E-state index in [2.05, 4.69) is 10.1 Å². The van der Waals surface area contributed by atoms with Crippen LogP contribution in [0.3, 0.4) is 0 Å². The van der Waals surface area contributed by atoms with Crippen molar-refractivity contribution in [2.24, 2.45) is 0 Å². The highest BCUT2D eigenvalue weighted by Crippen LogP contribution is 2.28. The van der Waals surface area contributed by atoms with Crippen LogP contribution in [0.25, 0.3) is 6.08 Å². The van der Waals surface area contributed by atoms with E-state index in [1.54, 1.807) is 55.7 Å². The first-order valence-electron chi connectivity index (χ1n) is 8.06. The summed E-state index contributed by atoms with van der Waals surface area (Å²) in [5.41, 5.74) is 1.34. The molecule has 1 N–H and O–H groups in total. The molecular weight excluding hydrogens is 350 g/mol. The maximum atomic E-state index is 12.1. The molecule has 0 aliphatic carbocycles. The molecule has 0 unspecified atom stereocenters. The predicted octanol–water partition coefficient (Wildman–Crippen LogP) is 2.91. The Morgan fingerprint density at radius 2 is 1.81 bits per heavy atom. The van der Waals surface area contributed by atoms with Gasteiger partial charge in [-0.1, -0.05) is 12.1 Å². The van der Waals surface area contributed by atoms with Crippen LogP contribution < -0.4 is 19.5 Å². The molecule has 2 aromatic carbocycles. The summed E-state index contributed by atoms with van der Waals surface area (Å²) in [5, 5.41) is 2.73. The number of ether oxygens (including phenoxy) is 4. The quantitative estimate of drug-likeness (QED) is 0.567. The molecule has 2 rings (SSSR count). The normalized spacial score (nSPS) is 10.3. The SMILES string of the molecule is COC(=O)/C=C/c1ccc(OCC(=O)Nc2cccc(OC)c2)c(OC)c1. The first-order valence-corrected chi connectivity index (χ1v) is 8.06. The highest BCUT2D eigenvalue weighted by molar-refractivity contribution is 5.92. The summed E-state index contributed by atoms with van der Waals surface area (Å²) in [5.74, 6) is 0.721. The lowest BCUT2D eigenvalue weighted by Gasteiger charge is -2.12. The average molecular weight is 371 g/mol. The van der Waals surface area contributed by atoms with Crippen molar-refractivity contribution in [2.75, 3.05) is 33.3 Å². The fourth-order valence-corrected chi connectivity index (χ4v) is 2.18. The van der Waals surface area contributed by atoms with E-state index in [0.717, 1.165) is 5.56 Å². The lowest BCUT2D eigenvalue weighted by molar-refractivity contribution is -0.134. The molecule has 0 saturated carbocycles. The van der Waals surface area contributed by atoms with Gasteiger partial charge in [0.05, 0.1) is 21.3 Å². The van der Waals surface area contributed by atoms with E-state index in [0.29, 0.717) is 22.9 Å². The van der Waals surface area contributed by atoms with Gasteiger partial charge in [0, 0.05) is 17.8 Å². The average Bonchev–Trinajstić information content (AvgIpc) is 2.70. The number of anilines is 1. The zero-order valence-electron chi connectivity index (χ0n) is 15.4. The molecule has 7 nitrogen and oxygen atoms in total. The third kappa shape index (κ3) is 6.07. The third-order valence-electron chi connectivity index (χ3n) is 3.51. The molecule has 142 valence electrons. The van der Waals surface area contributed by atoms with Crippen molar-refractivity contribution in [3.8, 4) is 17.2 Å². The van der Waals surface area contributed by atoms with Gasteiger partial charge in [0.25, 0.3) is 5.91 Å². The molecule has 0 heterocycles. The van der Waals surface area contributed by atoms with Crippen LogP contribution >= 0.6 is 0 Å². The Kier molecular flexibility index (Phi) is 7.25. The Morgan fingerprint density at radius 1 is 1.00 bits per heavy atom. The minimum absolute atomic E-state index is 0.190. The van der Waals surface area contributed by atoms with Crippen LogP contribution in [-0.4, -0.2) is 39.8 Å². The predicted molar refractivity (Wildman–Crippen MR) is 101 cm³/mol. The maximum absolute atomic E-state index is 12.1. The molecule has 0 aliphatic heterocycles. The highest BCUT2D eigenvalue weighted by atomic mass is 16.5. The summed E-state index contributed by atoms with van der Waals surface area (Å²) >= 11 is 0. The lowest BCUT2D eigenvalue weighted by atomic mass is 10.2. The van der Waals surface area contributed by atoms with Crippen molar-refractivity contribution in [3.63, 3.8) is 0 Å². The van der Waals surface area contributed by atoms with Crippen LogP contribution in [0.15, 0.2) is 48.5 Å². The number of amides is 1. The molecule has 0 spiro atoms. The van der Waals surface area contributed by atoms with Crippen LogP contribution in [0, 0.1) is 0 Å². The van der Waals surface area contributed by atoms with E-state index in [4.69, 9.17) is 14.2 Å². The van der Waals surface area contributed by atoms with Crippen molar-refractivity contribution in [3.05, 3.63) is 54.1 Å². The summed E-state index contributed by atoms with van der Waals surface area (Å²) in [6.07, 6.45) is 2.89. The number of hydrogen-bond donors (Lipinski definition) is 1. The van der Waals surface area contributed by atoms with E-state index >= 15 is 0 Å². The number of carbonyl (C=O) groups is 2. The molecule has 0 aliphatic rings. The summed E-state index contributed by atoms with van der Waals surface area (Å²) in [4.78, 5) is 23.2. The van der Waals surface area contributed by atoms with Crippen molar-refractivity contribution < 1.29 is 28.5 Å². The van der Waals surface area contributed by atoms with Gasteiger partial charge in [0.1, 0.15) is 5.75 Å². The fourth-order valence-electron chi connectivity index (χ4n) is 2.18. The molecule has 0 aromatic heterocycles. The first-order chi connectivity index (χ1) is 13.0. The van der Waals surface area contributed by atoms with Crippen molar-refractivity contribution in [2.45, 2.75) is 0 Å². The van der Waals surface area contributed by atoms with Crippen LogP contribution in [0.4, 0.5) is 5.69 Å². The second kappa shape index (κ2) is 9.86.